The number of nitrogens with one attached hydrogen (secondary N) is 2. The van der Waals surface area contributed by atoms with E-state index in [0.717, 1.165) is 24.8 Å². The van der Waals surface area contributed by atoms with E-state index in [-0.39, 0.29) is 24.3 Å². The Morgan fingerprint density at radius 2 is 1.85 bits per heavy atom. The van der Waals surface area contributed by atoms with E-state index in [1.54, 1.807) is 37.3 Å². The summed E-state index contributed by atoms with van der Waals surface area (Å²) in [6.45, 7) is 4.25. The van der Waals surface area contributed by atoms with Crippen LogP contribution >= 0.6 is 11.6 Å². The molecule has 0 aliphatic heterocycles. The molecule has 1 saturated carbocycles. The minimum atomic E-state index is -1.18. The van der Waals surface area contributed by atoms with Crippen LogP contribution in [0.2, 0.25) is 5.02 Å². The molecule has 0 spiro atoms. The van der Waals surface area contributed by atoms with Crippen molar-refractivity contribution < 1.29 is 28.6 Å². The van der Waals surface area contributed by atoms with E-state index in [0.29, 0.717) is 35.8 Å². The van der Waals surface area contributed by atoms with Crippen LogP contribution in [0.25, 0.3) is 0 Å². The van der Waals surface area contributed by atoms with E-state index in [2.05, 4.69) is 10.6 Å². The molecule has 0 bridgehead atoms. The number of carbonyl (C=O) groups is 3. The van der Waals surface area contributed by atoms with Gasteiger partial charge >= 0.3 is 5.97 Å². The number of nitrogens with two attached hydrogens (primary N) is 1. The Morgan fingerprint density at radius 3 is 2.46 bits per heavy atom. The predicted octanol–water partition coefficient (Wildman–Crippen LogP) is 3.16. The van der Waals surface area contributed by atoms with E-state index in [9.17, 15) is 23.9 Å². The topological polar surface area (TPSA) is 134 Å². The summed E-state index contributed by atoms with van der Waals surface area (Å²) in [7, 11) is 1.54. The first-order chi connectivity index (χ1) is 19.5. The molecular weight excluding hydrogens is 551 g/mol. The fourth-order valence-corrected chi connectivity index (χ4v) is 4.63. The summed E-state index contributed by atoms with van der Waals surface area (Å²) in [5.41, 5.74) is 7.20. The van der Waals surface area contributed by atoms with Crippen LogP contribution in [0.1, 0.15) is 44.2 Å². The minimum Gasteiger partial charge on any atom is -0.489 e. The van der Waals surface area contributed by atoms with Gasteiger partial charge in [0, 0.05) is 31.1 Å². The van der Waals surface area contributed by atoms with Gasteiger partial charge in [-0.25, -0.2) is 9.18 Å². The van der Waals surface area contributed by atoms with Gasteiger partial charge < -0.3 is 31.1 Å². The molecule has 2 aromatic carbocycles. The van der Waals surface area contributed by atoms with Gasteiger partial charge in [-0.3, -0.25) is 9.59 Å². The number of carboxylic acids is 1. The van der Waals surface area contributed by atoms with Gasteiger partial charge in [-0.2, -0.15) is 0 Å². The molecule has 11 heteroatoms. The summed E-state index contributed by atoms with van der Waals surface area (Å²) < 4.78 is 19.9. The Balaban J connectivity index is 1.58. The number of nitrogens with zero attached hydrogens (tertiary/aromatic N) is 1. The number of aryl methyl sites for hydroxylation is 1. The lowest BCUT2D eigenvalue weighted by atomic mass is 10.1. The van der Waals surface area contributed by atoms with Crippen LogP contribution < -0.4 is 21.1 Å². The first-order valence-corrected chi connectivity index (χ1v) is 14.3. The third-order valence-corrected chi connectivity index (χ3v) is 7.52. The quantitative estimate of drug-likeness (QED) is 0.236. The van der Waals surface area contributed by atoms with Gasteiger partial charge in [-0.15, -0.1) is 0 Å². The average molecular weight is 591 g/mol. The van der Waals surface area contributed by atoms with Crippen LogP contribution in [0.3, 0.4) is 0 Å². The molecule has 5 N–H and O–H groups in total. The lowest BCUT2D eigenvalue weighted by Crippen LogP contribution is -2.56. The van der Waals surface area contributed by atoms with Gasteiger partial charge in [0.25, 0.3) is 0 Å². The summed E-state index contributed by atoms with van der Waals surface area (Å²) in [6, 6.07) is 8.57. The van der Waals surface area contributed by atoms with Gasteiger partial charge in [0.05, 0.1) is 6.04 Å². The number of carboxylic acid groups (broad SMARTS) is 1. The largest absolute Gasteiger partial charge is 0.489 e. The molecule has 2 aromatic rings. The smallest absolute Gasteiger partial charge is 0.326 e. The van der Waals surface area contributed by atoms with Crippen molar-refractivity contribution in [3.63, 3.8) is 0 Å². The third kappa shape index (κ3) is 9.69. The average Bonchev–Trinajstić information content (AvgIpc) is 3.78. The fourth-order valence-electron chi connectivity index (χ4n) is 4.51. The summed E-state index contributed by atoms with van der Waals surface area (Å²) in [4.78, 5) is 39.6. The highest BCUT2D eigenvalue weighted by molar-refractivity contribution is 6.30. The van der Waals surface area contributed by atoms with Crippen LogP contribution in [-0.2, 0) is 27.2 Å². The van der Waals surface area contributed by atoms with Crippen molar-refractivity contribution in [2.75, 3.05) is 20.1 Å². The zero-order valence-corrected chi connectivity index (χ0v) is 24.5. The number of hydrogen-bond donors (Lipinski definition) is 4. The van der Waals surface area contributed by atoms with Gasteiger partial charge in [0.2, 0.25) is 11.8 Å². The Labute approximate surface area is 245 Å². The summed E-state index contributed by atoms with van der Waals surface area (Å²) in [5, 5.41) is 16.0. The molecular formula is C30H40ClFN4O5. The zero-order valence-electron chi connectivity index (χ0n) is 23.7. The lowest BCUT2D eigenvalue weighted by Gasteiger charge is -2.30. The number of rotatable bonds is 16. The van der Waals surface area contributed by atoms with Gasteiger partial charge in [0.15, 0.2) is 0 Å². The zero-order chi connectivity index (χ0) is 30.1. The van der Waals surface area contributed by atoms with Crippen LogP contribution in [0, 0.1) is 11.7 Å². The molecule has 0 unspecified atom stereocenters. The number of aliphatic carboxylic acids is 1. The molecule has 3 rings (SSSR count). The lowest BCUT2D eigenvalue weighted by molar-refractivity contribution is -0.144. The third-order valence-electron chi connectivity index (χ3n) is 7.27. The molecule has 0 saturated heterocycles. The van der Waals surface area contributed by atoms with Crippen LogP contribution in [0.4, 0.5) is 4.39 Å². The summed E-state index contributed by atoms with van der Waals surface area (Å²) >= 11 is 5.90. The maximum absolute atomic E-state index is 13.9. The number of carbonyl (C=O) groups excluding carboxylic acids is 2. The Bertz CT molecular complexity index is 1190. The number of halogens is 2. The van der Waals surface area contributed by atoms with Crippen molar-refractivity contribution in [1.29, 1.82) is 0 Å². The normalized spacial score (nSPS) is 15.9. The molecule has 0 heterocycles. The van der Waals surface area contributed by atoms with Gasteiger partial charge in [-0.1, -0.05) is 29.8 Å². The van der Waals surface area contributed by atoms with Crippen molar-refractivity contribution in [3.8, 4) is 5.75 Å². The highest BCUT2D eigenvalue weighted by atomic mass is 35.5. The second-order valence-corrected chi connectivity index (χ2v) is 11.1. The highest BCUT2D eigenvalue weighted by Crippen LogP contribution is 2.33. The summed E-state index contributed by atoms with van der Waals surface area (Å²) in [5.74, 6) is -1.82. The number of hydrogen-bond acceptors (Lipinski definition) is 6. The van der Waals surface area contributed by atoms with Crippen molar-refractivity contribution >= 4 is 29.4 Å². The van der Waals surface area contributed by atoms with E-state index in [1.165, 1.54) is 24.1 Å². The molecule has 0 aromatic heterocycles. The van der Waals surface area contributed by atoms with Crippen LogP contribution in [0.5, 0.6) is 5.75 Å². The minimum absolute atomic E-state index is 0.0754. The molecule has 9 nitrogen and oxygen atoms in total. The number of ether oxygens (including phenoxy) is 1. The number of likely N-dealkylation sites (N-methyl/N-ethyl adjacent to an activating group) is 1. The Kier molecular flexibility index (Phi) is 11.9. The molecule has 1 aliphatic carbocycles. The Morgan fingerprint density at radius 1 is 1.17 bits per heavy atom. The molecule has 41 heavy (non-hydrogen) atoms. The van der Waals surface area contributed by atoms with Gasteiger partial charge in [-0.05, 0) is 81.3 Å². The fraction of sp³-hybridized carbons (Fsp3) is 0.500. The van der Waals surface area contributed by atoms with Crippen LogP contribution in [0.15, 0.2) is 42.5 Å². The van der Waals surface area contributed by atoms with Crippen molar-refractivity contribution in [2.24, 2.45) is 11.7 Å². The monoisotopic (exact) mass is 590 g/mol. The van der Waals surface area contributed by atoms with Crippen LogP contribution in [-0.4, -0.2) is 72.2 Å². The first-order valence-electron chi connectivity index (χ1n) is 13.9. The standard InChI is InChI=1S/C30H40ClFN4O5/c1-18(41-26-16-24(32)13-10-21(26)5-4-14-33)17-34-27(22-8-9-22)29(38)36(3)19(2)28(37)35-25(30(39)40)15-20-6-11-23(31)12-7-20/h6-7,10-13,16,18-19,22,25,27,34H,4-5,8-9,14-15,17,33H2,1-3H3,(H,35,37)(H,39,40)/t18-,19-,25-,27+/m1/s1. The second-order valence-electron chi connectivity index (χ2n) is 10.7. The maximum atomic E-state index is 13.9. The molecule has 0 radical (unpaired) electrons. The van der Waals surface area contributed by atoms with E-state index >= 15 is 0 Å². The highest BCUT2D eigenvalue weighted by Gasteiger charge is 2.39. The van der Waals surface area contributed by atoms with Crippen molar-refractivity contribution in [3.05, 3.63) is 64.4 Å². The number of benzene rings is 2. The Hall–Kier alpha value is -3.21. The summed E-state index contributed by atoms with van der Waals surface area (Å²) in [6.07, 6.45) is 2.89. The molecule has 4 atom stereocenters. The molecule has 1 fully saturated rings. The first kappa shape index (κ1) is 32.3. The van der Waals surface area contributed by atoms with Gasteiger partial charge in [0.1, 0.15) is 29.8 Å². The van der Waals surface area contributed by atoms with Crippen molar-refractivity contribution in [1.82, 2.24) is 15.5 Å². The van der Waals surface area contributed by atoms with Crippen molar-refractivity contribution in [2.45, 2.75) is 70.2 Å². The SMILES string of the molecule is C[C@H](CN[C@H](C(=O)N(C)[C@H](C)C(=O)N[C@H](Cc1ccc(Cl)cc1)C(=O)O)C1CC1)Oc1cc(F)ccc1CCCN. The second kappa shape index (κ2) is 15.1. The molecule has 224 valence electrons. The predicted molar refractivity (Wildman–Crippen MR) is 155 cm³/mol. The van der Waals surface area contributed by atoms with E-state index in [1.807, 2.05) is 6.92 Å². The number of amides is 2. The van der Waals surface area contributed by atoms with E-state index < -0.39 is 35.8 Å². The molecule has 2 amide bonds. The van der Waals surface area contributed by atoms with E-state index in [4.69, 9.17) is 22.1 Å². The molecule has 1 aliphatic rings. The maximum Gasteiger partial charge on any atom is 0.326 e.